The molecule has 0 amide bonds. The molecule has 0 aromatic rings. The molecular weight excluding hydrogens is 552 g/mol. The van der Waals surface area contributed by atoms with Gasteiger partial charge in [-0.05, 0) is 42.9 Å². The van der Waals surface area contributed by atoms with E-state index in [4.69, 9.17) is 18.9 Å². The lowest BCUT2D eigenvalue weighted by molar-refractivity contribution is -0.354. The number of carbonyl (C=O) groups is 2. The summed E-state index contributed by atoms with van der Waals surface area (Å²) in [5.74, 6) is -3.48. The van der Waals surface area contributed by atoms with Crippen molar-refractivity contribution in [1.29, 1.82) is 0 Å². The molecule has 2 bridgehead atoms. The molecule has 43 heavy (non-hydrogen) atoms. The van der Waals surface area contributed by atoms with Crippen LogP contribution in [0.5, 0.6) is 0 Å². The Kier molecular flexibility index (Phi) is 9.25. The Hall–Kier alpha value is -2.14. The van der Waals surface area contributed by atoms with Gasteiger partial charge >= 0.3 is 5.97 Å². The van der Waals surface area contributed by atoms with Crippen LogP contribution in [0, 0.1) is 23.7 Å². The Morgan fingerprint density at radius 2 is 1.84 bits per heavy atom. The summed E-state index contributed by atoms with van der Waals surface area (Å²) in [6.07, 6.45) is 6.95. The fraction of sp³-hybridized carbons (Fsp3) is 0.706. The molecule has 5 aliphatic rings. The fourth-order valence-electron chi connectivity index (χ4n) is 7.42. The molecule has 9 heteroatoms. The zero-order valence-corrected chi connectivity index (χ0v) is 26.2. The van der Waals surface area contributed by atoms with Crippen LogP contribution in [0.2, 0.25) is 0 Å². The van der Waals surface area contributed by atoms with Crippen molar-refractivity contribution in [1.82, 2.24) is 0 Å². The zero-order valence-electron chi connectivity index (χ0n) is 26.2. The fourth-order valence-corrected chi connectivity index (χ4v) is 7.42. The summed E-state index contributed by atoms with van der Waals surface area (Å²) in [6, 6.07) is 0. The molecule has 3 saturated heterocycles. The van der Waals surface area contributed by atoms with E-state index in [0.717, 1.165) is 12.0 Å². The third kappa shape index (κ3) is 5.97. The van der Waals surface area contributed by atoms with Crippen molar-refractivity contribution in [3.05, 3.63) is 47.1 Å². The summed E-state index contributed by atoms with van der Waals surface area (Å²) in [5, 5.41) is 34.2. The lowest BCUT2D eigenvalue weighted by atomic mass is 9.71. The highest BCUT2D eigenvalue weighted by Crippen LogP contribution is 2.47. The van der Waals surface area contributed by atoms with E-state index in [2.05, 4.69) is 13.8 Å². The number of aliphatic hydroxyl groups is 3. The molecule has 0 aromatic carbocycles. The van der Waals surface area contributed by atoms with Gasteiger partial charge in [0.1, 0.15) is 17.6 Å². The quantitative estimate of drug-likeness (QED) is 0.321. The van der Waals surface area contributed by atoms with E-state index in [1.807, 2.05) is 32.9 Å². The first-order valence-electron chi connectivity index (χ1n) is 15.8. The first-order chi connectivity index (χ1) is 20.3. The number of allylic oxidation sites excluding steroid dienone is 2. The van der Waals surface area contributed by atoms with Gasteiger partial charge in [0.05, 0.1) is 31.0 Å². The Balaban J connectivity index is 1.55. The van der Waals surface area contributed by atoms with Crippen LogP contribution in [-0.4, -0.2) is 81.7 Å². The minimum atomic E-state index is -1.90. The molecule has 238 valence electrons. The van der Waals surface area contributed by atoms with Gasteiger partial charge in [-0.2, -0.15) is 0 Å². The second kappa shape index (κ2) is 12.3. The molecule has 1 unspecified atom stereocenters. The lowest BCUT2D eigenvalue weighted by Gasteiger charge is -2.52. The number of ether oxygens (including phenoxy) is 4. The minimum absolute atomic E-state index is 0.0125. The highest BCUT2D eigenvalue weighted by molar-refractivity contribution is 6.03. The Labute approximate surface area is 254 Å². The summed E-state index contributed by atoms with van der Waals surface area (Å²) < 4.78 is 25.3. The largest absolute Gasteiger partial charge is 0.462 e. The van der Waals surface area contributed by atoms with Crippen molar-refractivity contribution in [3.63, 3.8) is 0 Å². The molecule has 1 aliphatic carbocycles. The molecule has 12 atom stereocenters. The van der Waals surface area contributed by atoms with Crippen LogP contribution in [0.25, 0.3) is 0 Å². The van der Waals surface area contributed by atoms with E-state index in [1.165, 1.54) is 6.08 Å². The Morgan fingerprint density at radius 3 is 2.56 bits per heavy atom. The first kappa shape index (κ1) is 32.3. The molecule has 4 heterocycles. The van der Waals surface area contributed by atoms with Gasteiger partial charge in [0.2, 0.25) is 0 Å². The predicted octanol–water partition coefficient (Wildman–Crippen LogP) is 3.71. The number of rotatable bonds is 2. The van der Waals surface area contributed by atoms with Crippen LogP contribution in [0.1, 0.15) is 73.6 Å². The van der Waals surface area contributed by atoms with Crippen molar-refractivity contribution >= 4 is 11.8 Å². The van der Waals surface area contributed by atoms with Gasteiger partial charge in [-0.25, -0.2) is 0 Å². The van der Waals surface area contributed by atoms with Gasteiger partial charge in [0.25, 0.3) is 0 Å². The van der Waals surface area contributed by atoms with Crippen molar-refractivity contribution in [2.75, 3.05) is 6.61 Å². The van der Waals surface area contributed by atoms with Crippen molar-refractivity contribution in [3.8, 4) is 0 Å². The number of hydrogen-bond acceptors (Lipinski definition) is 9. The van der Waals surface area contributed by atoms with Gasteiger partial charge in [-0.1, -0.05) is 64.5 Å². The maximum atomic E-state index is 14.0. The van der Waals surface area contributed by atoms with Gasteiger partial charge in [-0.3, -0.25) is 9.59 Å². The molecule has 9 nitrogen and oxygen atoms in total. The van der Waals surface area contributed by atoms with Crippen LogP contribution < -0.4 is 0 Å². The maximum absolute atomic E-state index is 14.0. The first-order valence-corrected chi connectivity index (χ1v) is 15.8. The van der Waals surface area contributed by atoms with Crippen LogP contribution in [0.4, 0.5) is 0 Å². The van der Waals surface area contributed by atoms with E-state index >= 15 is 0 Å². The molecule has 3 fully saturated rings. The van der Waals surface area contributed by atoms with Crippen LogP contribution in [0.3, 0.4) is 0 Å². The highest BCUT2D eigenvalue weighted by Gasteiger charge is 2.60. The number of ketones is 1. The normalized spacial score (nSPS) is 44.7. The molecule has 0 aromatic heterocycles. The van der Waals surface area contributed by atoms with Crippen LogP contribution in [-0.2, 0) is 28.5 Å². The SMILES string of the molecule is CCC(C)[C@H]1O[C@@]2(C[C@@H]3C[C@@H](CC=C(C)[C@@H](O)[C@@H](C)C=CC=C4CO[C@@H]5C(=O)C(C)=C[C@@H](C(=O)O3)[C@]45O)O2)C[C@H](O)[C@@H]1C. The van der Waals surface area contributed by atoms with Gasteiger partial charge < -0.3 is 34.3 Å². The molecule has 4 aliphatic heterocycles. The number of fused-ring (bicyclic) bond motifs is 2. The minimum Gasteiger partial charge on any atom is -0.462 e. The van der Waals surface area contributed by atoms with Crippen LogP contribution in [0.15, 0.2) is 47.1 Å². The van der Waals surface area contributed by atoms with E-state index in [1.54, 1.807) is 19.1 Å². The average molecular weight is 601 g/mol. The van der Waals surface area contributed by atoms with E-state index in [-0.39, 0.29) is 49.1 Å². The van der Waals surface area contributed by atoms with E-state index < -0.39 is 53.8 Å². The molecule has 3 N–H and O–H groups in total. The number of Topliss-reactive ketones (excluding diaryl/α,β-unsaturated/α-hetero) is 1. The topological polar surface area (TPSA) is 132 Å². The summed E-state index contributed by atoms with van der Waals surface area (Å²) in [4.78, 5) is 27.0. The molecule has 0 saturated carbocycles. The molecule has 0 radical (unpaired) electrons. The number of carbonyl (C=O) groups excluding carboxylic acids is 2. The smallest absolute Gasteiger partial charge is 0.316 e. The van der Waals surface area contributed by atoms with Crippen molar-refractivity contribution in [2.45, 2.75) is 122 Å². The summed E-state index contributed by atoms with van der Waals surface area (Å²) in [7, 11) is 0. The number of aliphatic hydroxyl groups excluding tert-OH is 2. The summed E-state index contributed by atoms with van der Waals surface area (Å²) >= 11 is 0. The third-order valence-electron chi connectivity index (χ3n) is 10.4. The number of hydrogen-bond donors (Lipinski definition) is 3. The summed E-state index contributed by atoms with van der Waals surface area (Å²) in [5.41, 5.74) is -0.375. The second-order valence-corrected chi connectivity index (χ2v) is 13.5. The Morgan fingerprint density at radius 1 is 1.09 bits per heavy atom. The van der Waals surface area contributed by atoms with E-state index in [0.29, 0.717) is 24.0 Å². The molecule has 1 spiro atoms. The average Bonchev–Trinajstić information content (AvgIpc) is 3.30. The molecular formula is C34H48O9. The monoisotopic (exact) mass is 600 g/mol. The van der Waals surface area contributed by atoms with Gasteiger partial charge in [0.15, 0.2) is 17.7 Å². The van der Waals surface area contributed by atoms with Crippen LogP contribution >= 0.6 is 0 Å². The summed E-state index contributed by atoms with van der Waals surface area (Å²) in [6.45, 7) is 11.6. The standard InChI is InChI=1S/C34H48O9/c1-7-18(2)30-22(6)27(35)16-33(43-30)15-25-14-24(42-33)12-11-20(4)28(36)19(3)9-8-10-23-17-40-31-29(37)21(5)13-26(32(38)41-25)34(23,31)39/h8-11,13,18-19,22,24-28,30-31,35-36,39H,7,12,14-17H2,1-6H3/t18?,19-,22-,24+,25-,26-,27-,28-,30+,31+,33-,34+/m0/s1. The molecule has 5 rings (SSSR count). The Bertz CT molecular complexity index is 1220. The van der Waals surface area contributed by atoms with E-state index in [9.17, 15) is 24.9 Å². The highest BCUT2D eigenvalue weighted by atomic mass is 16.7. The van der Waals surface area contributed by atoms with Gasteiger partial charge in [-0.15, -0.1) is 0 Å². The lowest BCUT2D eigenvalue weighted by Crippen LogP contribution is -2.59. The van der Waals surface area contributed by atoms with Crippen molar-refractivity contribution < 1.29 is 43.9 Å². The van der Waals surface area contributed by atoms with Gasteiger partial charge in [0, 0.05) is 31.1 Å². The second-order valence-electron chi connectivity index (χ2n) is 13.5. The zero-order chi connectivity index (χ0) is 31.3. The third-order valence-corrected chi connectivity index (χ3v) is 10.4. The van der Waals surface area contributed by atoms with Crippen molar-refractivity contribution in [2.24, 2.45) is 23.7 Å². The maximum Gasteiger partial charge on any atom is 0.316 e. The number of esters is 1. The predicted molar refractivity (Wildman–Crippen MR) is 159 cm³/mol.